The van der Waals surface area contributed by atoms with E-state index in [1.54, 1.807) is 0 Å². The van der Waals surface area contributed by atoms with Crippen molar-refractivity contribution < 1.29 is 0 Å². The van der Waals surface area contributed by atoms with E-state index in [0.717, 1.165) is 30.0 Å². The normalized spacial score (nSPS) is 11.4. The highest BCUT2D eigenvalue weighted by Gasteiger charge is 2.11. The highest BCUT2D eigenvalue weighted by Crippen LogP contribution is 2.12. The quantitative estimate of drug-likeness (QED) is 0.837. The Bertz CT molecular complexity index is 407. The van der Waals surface area contributed by atoms with Crippen molar-refractivity contribution in [2.75, 3.05) is 20.6 Å². The average molecular weight is 223 g/mol. The molecular formula is C12H21N3O. The maximum Gasteiger partial charge on any atom is 0.254 e. The van der Waals surface area contributed by atoms with Crippen molar-refractivity contribution in [2.45, 2.75) is 33.1 Å². The zero-order valence-electron chi connectivity index (χ0n) is 10.8. The molecule has 0 unspecified atom stereocenters. The molecule has 0 saturated heterocycles. The van der Waals surface area contributed by atoms with Crippen LogP contribution in [0.5, 0.6) is 0 Å². The van der Waals surface area contributed by atoms with E-state index in [9.17, 15) is 4.79 Å². The third-order valence-corrected chi connectivity index (χ3v) is 2.57. The highest BCUT2D eigenvalue weighted by molar-refractivity contribution is 5.20. The summed E-state index contributed by atoms with van der Waals surface area (Å²) in [6, 6.07) is 0. The fourth-order valence-corrected chi connectivity index (χ4v) is 1.78. The third-order valence-electron chi connectivity index (χ3n) is 2.57. The largest absolute Gasteiger partial charge is 0.310 e. The third kappa shape index (κ3) is 3.17. The van der Waals surface area contributed by atoms with Crippen LogP contribution in [0, 0.1) is 6.92 Å². The minimum atomic E-state index is 0.0104. The first-order chi connectivity index (χ1) is 7.41. The van der Waals surface area contributed by atoms with Gasteiger partial charge in [0.1, 0.15) is 5.82 Å². The maximum atomic E-state index is 11.8. The predicted octanol–water partition coefficient (Wildman–Crippen LogP) is 1.31. The van der Waals surface area contributed by atoms with E-state index in [4.69, 9.17) is 0 Å². The number of likely N-dealkylation sites (N-methyl/N-ethyl adjacent to an activating group) is 1. The number of nitrogens with one attached hydrogen (secondary N) is 1. The first-order valence-corrected chi connectivity index (χ1v) is 5.66. The molecule has 1 heterocycles. The monoisotopic (exact) mass is 223 g/mol. The van der Waals surface area contributed by atoms with Crippen molar-refractivity contribution in [1.29, 1.82) is 0 Å². The van der Waals surface area contributed by atoms with Crippen LogP contribution in [0.4, 0.5) is 0 Å². The lowest BCUT2D eigenvalue weighted by Crippen LogP contribution is -2.23. The molecular weight excluding hydrogens is 202 g/mol. The van der Waals surface area contributed by atoms with Gasteiger partial charge in [-0.1, -0.05) is 13.8 Å². The topological polar surface area (TPSA) is 49.0 Å². The molecule has 0 aliphatic rings. The van der Waals surface area contributed by atoms with E-state index >= 15 is 0 Å². The van der Waals surface area contributed by atoms with Gasteiger partial charge in [0, 0.05) is 24.2 Å². The van der Waals surface area contributed by atoms with Gasteiger partial charge in [-0.25, -0.2) is 4.98 Å². The van der Waals surface area contributed by atoms with Gasteiger partial charge >= 0.3 is 0 Å². The van der Waals surface area contributed by atoms with Crippen LogP contribution in [0.3, 0.4) is 0 Å². The van der Waals surface area contributed by atoms with Gasteiger partial charge in [0.2, 0.25) is 0 Å². The number of aryl methyl sites for hydroxylation is 1. The first-order valence-electron chi connectivity index (χ1n) is 5.66. The smallest absolute Gasteiger partial charge is 0.254 e. The fourth-order valence-electron chi connectivity index (χ4n) is 1.78. The lowest BCUT2D eigenvalue weighted by molar-refractivity contribution is 0.409. The van der Waals surface area contributed by atoms with Gasteiger partial charge in [-0.15, -0.1) is 0 Å². The predicted molar refractivity (Wildman–Crippen MR) is 65.9 cm³/mol. The summed E-state index contributed by atoms with van der Waals surface area (Å²) in [6.07, 6.45) is 0.779. The molecule has 1 N–H and O–H groups in total. The summed E-state index contributed by atoms with van der Waals surface area (Å²) in [5.74, 6) is 1.000. The summed E-state index contributed by atoms with van der Waals surface area (Å²) >= 11 is 0. The molecule has 0 amide bonds. The number of rotatable bonds is 4. The number of aromatic nitrogens is 2. The van der Waals surface area contributed by atoms with Crippen molar-refractivity contribution in [1.82, 2.24) is 14.9 Å². The van der Waals surface area contributed by atoms with Crippen LogP contribution in [0.2, 0.25) is 0 Å². The van der Waals surface area contributed by atoms with Crippen LogP contribution in [0.15, 0.2) is 4.79 Å². The van der Waals surface area contributed by atoms with Crippen LogP contribution in [-0.2, 0) is 6.42 Å². The van der Waals surface area contributed by atoms with Gasteiger partial charge in [-0.3, -0.25) is 4.79 Å². The molecule has 0 spiro atoms. The summed E-state index contributed by atoms with van der Waals surface area (Å²) < 4.78 is 0. The van der Waals surface area contributed by atoms with Crippen molar-refractivity contribution in [2.24, 2.45) is 0 Å². The summed E-state index contributed by atoms with van der Waals surface area (Å²) in [5, 5.41) is 0. The van der Waals surface area contributed by atoms with Crippen LogP contribution in [0.25, 0.3) is 0 Å². The molecule has 1 aromatic heterocycles. The van der Waals surface area contributed by atoms with E-state index in [1.807, 2.05) is 34.9 Å². The lowest BCUT2D eigenvalue weighted by atomic mass is 10.0. The van der Waals surface area contributed by atoms with E-state index < -0.39 is 0 Å². The Hall–Kier alpha value is -1.16. The van der Waals surface area contributed by atoms with Gasteiger partial charge < -0.3 is 9.88 Å². The van der Waals surface area contributed by atoms with Gasteiger partial charge in [0.05, 0.1) is 0 Å². The second-order valence-corrected chi connectivity index (χ2v) is 4.72. The van der Waals surface area contributed by atoms with Crippen molar-refractivity contribution in [3.8, 4) is 0 Å². The van der Waals surface area contributed by atoms with E-state index in [2.05, 4.69) is 14.9 Å². The molecule has 0 fully saturated rings. The molecule has 0 radical (unpaired) electrons. The molecule has 4 nitrogen and oxygen atoms in total. The van der Waals surface area contributed by atoms with E-state index in [0.29, 0.717) is 0 Å². The van der Waals surface area contributed by atoms with Crippen LogP contribution in [0.1, 0.15) is 36.8 Å². The minimum absolute atomic E-state index is 0.0104. The summed E-state index contributed by atoms with van der Waals surface area (Å²) in [5.41, 5.74) is 1.66. The van der Waals surface area contributed by atoms with Crippen LogP contribution in [-0.4, -0.2) is 35.5 Å². The molecule has 16 heavy (non-hydrogen) atoms. The molecule has 1 aromatic rings. The molecule has 90 valence electrons. The average Bonchev–Trinajstić information content (AvgIpc) is 2.12. The SMILES string of the molecule is Cc1nc(CCN(C)C)[nH]c(=O)c1C(C)C. The molecule has 1 rings (SSSR count). The standard InChI is InChI=1S/C12H21N3O/c1-8(2)11-9(3)13-10(14-12(11)16)6-7-15(4)5/h8H,6-7H2,1-5H3,(H,13,14,16). The Morgan fingerprint density at radius 2 is 2.00 bits per heavy atom. The Morgan fingerprint density at radius 1 is 1.38 bits per heavy atom. The summed E-state index contributed by atoms with van der Waals surface area (Å²) in [7, 11) is 4.01. The van der Waals surface area contributed by atoms with Gasteiger partial charge in [-0.2, -0.15) is 0 Å². The van der Waals surface area contributed by atoms with Crippen LogP contribution >= 0.6 is 0 Å². The maximum absolute atomic E-state index is 11.8. The van der Waals surface area contributed by atoms with Crippen molar-refractivity contribution in [3.63, 3.8) is 0 Å². The highest BCUT2D eigenvalue weighted by atomic mass is 16.1. The molecule has 0 atom stereocenters. The Morgan fingerprint density at radius 3 is 2.44 bits per heavy atom. The summed E-state index contributed by atoms with van der Waals surface area (Å²) in [6.45, 7) is 6.82. The molecule has 4 heteroatoms. The van der Waals surface area contributed by atoms with E-state index in [1.165, 1.54) is 0 Å². The second-order valence-electron chi connectivity index (χ2n) is 4.72. The minimum Gasteiger partial charge on any atom is -0.310 e. The first kappa shape index (κ1) is 12.9. The molecule has 0 aromatic carbocycles. The second kappa shape index (κ2) is 5.25. The molecule has 0 aliphatic heterocycles. The van der Waals surface area contributed by atoms with Crippen molar-refractivity contribution in [3.05, 3.63) is 27.4 Å². The van der Waals surface area contributed by atoms with E-state index in [-0.39, 0.29) is 11.5 Å². The Kier molecular flexibility index (Phi) is 4.24. The Balaban J connectivity index is 2.96. The number of aromatic amines is 1. The number of nitrogens with zero attached hydrogens (tertiary/aromatic N) is 2. The molecule has 0 saturated carbocycles. The number of hydrogen-bond acceptors (Lipinski definition) is 3. The van der Waals surface area contributed by atoms with Crippen molar-refractivity contribution >= 4 is 0 Å². The Labute approximate surface area is 96.7 Å². The molecule has 0 aliphatic carbocycles. The van der Waals surface area contributed by atoms with Gasteiger partial charge in [0.15, 0.2) is 0 Å². The molecule has 0 bridgehead atoms. The van der Waals surface area contributed by atoms with Gasteiger partial charge in [0.25, 0.3) is 5.56 Å². The zero-order valence-corrected chi connectivity index (χ0v) is 10.8. The number of hydrogen-bond donors (Lipinski definition) is 1. The fraction of sp³-hybridized carbons (Fsp3) is 0.667. The lowest BCUT2D eigenvalue weighted by Gasteiger charge is -2.11. The number of H-pyrrole nitrogens is 1. The van der Waals surface area contributed by atoms with Crippen LogP contribution < -0.4 is 5.56 Å². The van der Waals surface area contributed by atoms with Gasteiger partial charge in [-0.05, 0) is 26.9 Å². The zero-order chi connectivity index (χ0) is 12.3. The summed E-state index contributed by atoms with van der Waals surface area (Å²) in [4.78, 5) is 21.2.